The number of benzene rings is 1. The number of hydrogen-bond acceptors (Lipinski definition) is 8. The van der Waals surface area contributed by atoms with E-state index in [1.54, 1.807) is 6.21 Å². The number of likely N-dealkylation sites (N-methyl/N-ethyl adjacent to an activating group) is 1. The molecule has 144 valence electrons. The Hall–Kier alpha value is -2.58. The van der Waals surface area contributed by atoms with Crippen LogP contribution >= 0.6 is 0 Å². The number of nitrogens with one attached hydrogen (secondary N) is 1. The van der Waals surface area contributed by atoms with Crippen molar-refractivity contribution in [3.63, 3.8) is 0 Å². The minimum absolute atomic E-state index is 0.318. The van der Waals surface area contributed by atoms with Crippen LogP contribution in [0.2, 0.25) is 0 Å². The minimum atomic E-state index is 0.318. The second-order valence-corrected chi connectivity index (χ2v) is 6.29. The van der Waals surface area contributed by atoms with Gasteiger partial charge in [-0.2, -0.15) is 15.0 Å². The van der Waals surface area contributed by atoms with Crippen LogP contribution in [0.1, 0.15) is 17.0 Å². The van der Waals surface area contributed by atoms with Gasteiger partial charge in [0.25, 0.3) is 0 Å². The fourth-order valence-electron chi connectivity index (χ4n) is 2.68. The van der Waals surface area contributed by atoms with Gasteiger partial charge in [0.05, 0.1) is 26.0 Å². The molecule has 3 rings (SSSR count). The Morgan fingerprint density at radius 3 is 2.89 bits per heavy atom. The van der Waals surface area contributed by atoms with Crippen molar-refractivity contribution in [2.24, 2.45) is 4.99 Å². The van der Waals surface area contributed by atoms with Gasteiger partial charge in [-0.15, -0.1) is 0 Å². The number of anilines is 1. The van der Waals surface area contributed by atoms with Gasteiger partial charge in [0.15, 0.2) is 5.82 Å². The fraction of sp³-hybridized carbons (Fsp3) is 0.474. The lowest BCUT2D eigenvalue weighted by Crippen LogP contribution is -2.37. The van der Waals surface area contributed by atoms with E-state index in [1.165, 1.54) is 5.56 Å². The lowest BCUT2D eigenvalue weighted by atomic mass is 10.1. The number of ether oxygens (including phenoxy) is 2. The van der Waals surface area contributed by atoms with E-state index in [1.807, 2.05) is 13.1 Å². The molecule has 8 heteroatoms. The van der Waals surface area contributed by atoms with E-state index < -0.39 is 0 Å². The molecule has 2 aromatic rings. The van der Waals surface area contributed by atoms with Crippen LogP contribution in [0.4, 0.5) is 5.95 Å². The third-order valence-corrected chi connectivity index (χ3v) is 4.06. The van der Waals surface area contributed by atoms with Crippen molar-refractivity contribution in [2.45, 2.75) is 13.5 Å². The summed E-state index contributed by atoms with van der Waals surface area (Å²) in [5, 5.41) is 3.04. The van der Waals surface area contributed by atoms with Crippen molar-refractivity contribution in [1.82, 2.24) is 20.3 Å². The predicted molar refractivity (Wildman–Crippen MR) is 105 cm³/mol. The summed E-state index contributed by atoms with van der Waals surface area (Å²) >= 11 is 0. The lowest BCUT2D eigenvalue weighted by Gasteiger charge is -2.26. The molecule has 2 heterocycles. The molecule has 0 bridgehead atoms. The van der Waals surface area contributed by atoms with Crippen LogP contribution in [0.5, 0.6) is 6.01 Å². The molecule has 0 atom stereocenters. The Morgan fingerprint density at radius 1 is 1.26 bits per heavy atom. The molecule has 1 aliphatic heterocycles. The molecule has 27 heavy (non-hydrogen) atoms. The number of aromatic nitrogens is 3. The zero-order valence-corrected chi connectivity index (χ0v) is 15.9. The Kier molecular flexibility index (Phi) is 7.06. The molecule has 1 aromatic heterocycles. The van der Waals surface area contributed by atoms with Gasteiger partial charge in [0, 0.05) is 19.6 Å². The fourth-order valence-corrected chi connectivity index (χ4v) is 2.68. The SMILES string of the molecule is CNCCOc1nc(C=NCc2cccc(C)c2)nc(N2CCOCC2)n1. The maximum absolute atomic E-state index is 5.65. The van der Waals surface area contributed by atoms with E-state index in [9.17, 15) is 0 Å². The molecule has 0 spiro atoms. The monoisotopic (exact) mass is 370 g/mol. The number of rotatable bonds is 8. The van der Waals surface area contributed by atoms with Gasteiger partial charge in [-0.25, -0.2) is 0 Å². The highest BCUT2D eigenvalue weighted by Crippen LogP contribution is 2.14. The van der Waals surface area contributed by atoms with E-state index in [4.69, 9.17) is 9.47 Å². The summed E-state index contributed by atoms with van der Waals surface area (Å²) in [7, 11) is 1.87. The van der Waals surface area contributed by atoms with Gasteiger partial charge in [0.1, 0.15) is 6.61 Å². The second kappa shape index (κ2) is 9.94. The highest BCUT2D eigenvalue weighted by molar-refractivity contribution is 5.75. The molecule has 0 saturated carbocycles. The largest absolute Gasteiger partial charge is 0.462 e. The summed E-state index contributed by atoms with van der Waals surface area (Å²) in [6.07, 6.45) is 1.68. The van der Waals surface area contributed by atoms with Crippen LogP contribution in [0.25, 0.3) is 0 Å². The first-order valence-corrected chi connectivity index (χ1v) is 9.16. The minimum Gasteiger partial charge on any atom is -0.462 e. The van der Waals surface area contributed by atoms with Gasteiger partial charge < -0.3 is 19.7 Å². The third kappa shape index (κ3) is 5.97. The quantitative estimate of drug-likeness (QED) is 0.553. The van der Waals surface area contributed by atoms with Gasteiger partial charge in [-0.05, 0) is 19.5 Å². The van der Waals surface area contributed by atoms with E-state index in [-0.39, 0.29) is 0 Å². The molecule has 0 unspecified atom stereocenters. The number of morpholine rings is 1. The molecule has 0 radical (unpaired) electrons. The molecule has 0 amide bonds. The summed E-state index contributed by atoms with van der Waals surface area (Å²) in [6.45, 7) is 6.69. The summed E-state index contributed by atoms with van der Waals surface area (Å²) in [5.74, 6) is 1.10. The van der Waals surface area contributed by atoms with Crippen LogP contribution in [-0.2, 0) is 11.3 Å². The van der Waals surface area contributed by atoms with E-state index in [0.29, 0.717) is 44.1 Å². The van der Waals surface area contributed by atoms with Crippen LogP contribution < -0.4 is 15.0 Å². The summed E-state index contributed by atoms with van der Waals surface area (Å²) in [5.41, 5.74) is 2.37. The van der Waals surface area contributed by atoms with E-state index in [2.05, 4.69) is 55.3 Å². The summed E-state index contributed by atoms with van der Waals surface area (Å²) in [4.78, 5) is 19.9. The van der Waals surface area contributed by atoms with Gasteiger partial charge in [0.2, 0.25) is 5.95 Å². The first kappa shape index (κ1) is 19.2. The van der Waals surface area contributed by atoms with Crippen molar-refractivity contribution in [1.29, 1.82) is 0 Å². The molecular weight excluding hydrogens is 344 g/mol. The average molecular weight is 370 g/mol. The topological polar surface area (TPSA) is 84.8 Å². The summed E-state index contributed by atoms with van der Waals surface area (Å²) in [6, 6.07) is 8.61. The van der Waals surface area contributed by atoms with Crippen LogP contribution in [0, 0.1) is 6.92 Å². The number of aryl methyl sites for hydroxylation is 1. The lowest BCUT2D eigenvalue weighted by molar-refractivity contribution is 0.122. The second-order valence-electron chi connectivity index (χ2n) is 6.29. The first-order valence-electron chi connectivity index (χ1n) is 9.16. The average Bonchev–Trinajstić information content (AvgIpc) is 2.69. The molecule has 1 N–H and O–H groups in total. The van der Waals surface area contributed by atoms with Crippen molar-refractivity contribution in [3.8, 4) is 6.01 Å². The van der Waals surface area contributed by atoms with Crippen LogP contribution in [-0.4, -0.2) is 67.7 Å². The van der Waals surface area contributed by atoms with Crippen LogP contribution in [0.15, 0.2) is 29.3 Å². The predicted octanol–water partition coefficient (Wildman–Crippen LogP) is 1.23. The van der Waals surface area contributed by atoms with Crippen LogP contribution in [0.3, 0.4) is 0 Å². The highest BCUT2D eigenvalue weighted by atomic mass is 16.5. The third-order valence-electron chi connectivity index (χ3n) is 4.06. The Balaban J connectivity index is 1.74. The first-order chi connectivity index (χ1) is 13.2. The Morgan fingerprint density at radius 2 is 2.11 bits per heavy atom. The number of aliphatic imine (C=N–C) groups is 1. The van der Waals surface area contributed by atoms with Crippen molar-refractivity contribution in [2.75, 3.05) is 51.4 Å². The van der Waals surface area contributed by atoms with Crippen molar-refractivity contribution >= 4 is 12.2 Å². The molecule has 1 aliphatic rings. The molecule has 8 nitrogen and oxygen atoms in total. The zero-order chi connectivity index (χ0) is 18.9. The Labute approximate surface area is 159 Å². The molecule has 1 fully saturated rings. The van der Waals surface area contributed by atoms with Gasteiger partial charge >= 0.3 is 6.01 Å². The zero-order valence-electron chi connectivity index (χ0n) is 15.9. The van der Waals surface area contributed by atoms with E-state index in [0.717, 1.165) is 25.2 Å². The molecule has 1 saturated heterocycles. The van der Waals surface area contributed by atoms with Gasteiger partial charge in [-0.3, -0.25) is 4.99 Å². The Bertz CT molecular complexity index is 762. The molecule has 0 aliphatic carbocycles. The van der Waals surface area contributed by atoms with Gasteiger partial charge in [-0.1, -0.05) is 29.8 Å². The maximum atomic E-state index is 5.65. The maximum Gasteiger partial charge on any atom is 0.321 e. The van der Waals surface area contributed by atoms with Crippen molar-refractivity contribution in [3.05, 3.63) is 41.2 Å². The van der Waals surface area contributed by atoms with E-state index >= 15 is 0 Å². The highest BCUT2D eigenvalue weighted by Gasteiger charge is 2.16. The molecule has 1 aromatic carbocycles. The summed E-state index contributed by atoms with van der Waals surface area (Å²) < 4.78 is 11.1. The number of nitrogens with zero attached hydrogens (tertiary/aromatic N) is 5. The standard InChI is InChI=1S/C19H26N6O2/c1-15-4-3-5-16(12-15)13-21-14-17-22-18(25-7-10-26-11-8-25)24-19(23-17)27-9-6-20-2/h3-5,12,14,20H,6-11,13H2,1-2H3. The molecular formula is C19H26N6O2. The normalized spacial score (nSPS) is 14.7. The number of hydrogen-bond donors (Lipinski definition) is 1. The smallest absolute Gasteiger partial charge is 0.321 e. The van der Waals surface area contributed by atoms with Crippen molar-refractivity contribution < 1.29 is 9.47 Å².